The van der Waals surface area contributed by atoms with Crippen LogP contribution in [0.25, 0.3) is 55.0 Å². The second kappa shape index (κ2) is 10.8. The van der Waals surface area contributed by atoms with Crippen LogP contribution in [-0.4, -0.2) is 0 Å². The maximum absolute atomic E-state index is 6.59. The minimum atomic E-state index is -0.455. The van der Waals surface area contributed by atoms with Gasteiger partial charge < -0.3 is 9.73 Å². The number of anilines is 2. The van der Waals surface area contributed by atoms with Gasteiger partial charge in [-0.25, -0.2) is 0 Å². The molecule has 0 aliphatic heterocycles. The summed E-state index contributed by atoms with van der Waals surface area (Å²) in [4.78, 5) is 0. The van der Waals surface area contributed by atoms with E-state index in [1.54, 1.807) is 0 Å². The van der Waals surface area contributed by atoms with Gasteiger partial charge in [-0.3, -0.25) is 0 Å². The van der Waals surface area contributed by atoms with Crippen LogP contribution in [0.2, 0.25) is 0 Å². The van der Waals surface area contributed by atoms with Gasteiger partial charge in [0.25, 0.3) is 0 Å². The van der Waals surface area contributed by atoms with Crippen LogP contribution in [-0.2, 0) is 5.41 Å². The molecule has 1 N–H and O–H groups in total. The minimum Gasteiger partial charge on any atom is -0.453 e. The number of furan rings is 1. The molecular formula is C47H31NO. The van der Waals surface area contributed by atoms with Gasteiger partial charge in [-0.2, -0.15) is 0 Å². The highest BCUT2D eigenvalue weighted by Gasteiger charge is 2.47. The molecule has 49 heavy (non-hydrogen) atoms. The zero-order chi connectivity index (χ0) is 32.4. The van der Waals surface area contributed by atoms with Crippen molar-refractivity contribution in [3.05, 3.63) is 204 Å². The van der Waals surface area contributed by atoms with Gasteiger partial charge in [-0.15, -0.1) is 0 Å². The molecule has 1 heterocycles. The number of hydrogen-bond acceptors (Lipinski definition) is 2. The summed E-state index contributed by atoms with van der Waals surface area (Å²) in [6, 6.07) is 65.6. The van der Waals surface area contributed by atoms with Crippen LogP contribution in [0.15, 0.2) is 186 Å². The summed E-state index contributed by atoms with van der Waals surface area (Å²) >= 11 is 0. The summed E-state index contributed by atoms with van der Waals surface area (Å²) in [5.41, 5.74) is 13.5. The van der Waals surface area contributed by atoms with Crippen molar-refractivity contribution in [3.8, 4) is 22.3 Å². The molecule has 0 saturated carbocycles. The highest BCUT2D eigenvalue weighted by atomic mass is 16.3. The molecule has 10 rings (SSSR count). The normalized spacial score (nSPS) is 13.1. The third-order valence-electron chi connectivity index (χ3n) is 10.3. The van der Waals surface area contributed by atoms with E-state index in [4.69, 9.17) is 4.42 Å². The first kappa shape index (κ1) is 27.7. The molecule has 0 amide bonds. The Morgan fingerprint density at radius 3 is 1.82 bits per heavy atom. The van der Waals surface area contributed by atoms with Crippen molar-refractivity contribution in [2.45, 2.75) is 5.41 Å². The quantitative estimate of drug-likeness (QED) is 0.206. The molecule has 2 heteroatoms. The Morgan fingerprint density at radius 2 is 1.02 bits per heavy atom. The van der Waals surface area contributed by atoms with Gasteiger partial charge in [0, 0.05) is 21.8 Å². The molecule has 0 spiro atoms. The maximum atomic E-state index is 6.59. The van der Waals surface area contributed by atoms with Crippen molar-refractivity contribution in [1.82, 2.24) is 0 Å². The smallest absolute Gasteiger partial charge is 0.158 e. The van der Waals surface area contributed by atoms with Crippen molar-refractivity contribution in [1.29, 1.82) is 0 Å². The predicted octanol–water partition coefficient (Wildman–Crippen LogP) is 12.5. The minimum absolute atomic E-state index is 0.455. The van der Waals surface area contributed by atoms with Crippen molar-refractivity contribution in [2.24, 2.45) is 0 Å². The molecule has 1 aliphatic carbocycles. The standard InChI is InChI=1S/C47H31NO/c1-3-14-33(15-4-1)47(34-16-5-2-6-17-34)42-23-10-9-19-38(42)39-21-11-20-36(44(39)47)32-25-28-35(29-26-32)48-43-24-12-22-40-41-30-27-31-13-7-8-18-37(31)45(41)49-46(40)43/h1-30,48H. The van der Waals surface area contributed by atoms with Gasteiger partial charge in [0.15, 0.2) is 5.58 Å². The third kappa shape index (κ3) is 4.07. The van der Waals surface area contributed by atoms with Gasteiger partial charge in [0.1, 0.15) is 5.58 Å². The van der Waals surface area contributed by atoms with Crippen LogP contribution in [0.4, 0.5) is 11.4 Å². The van der Waals surface area contributed by atoms with Crippen LogP contribution in [0.3, 0.4) is 0 Å². The average molecular weight is 626 g/mol. The van der Waals surface area contributed by atoms with Gasteiger partial charge in [-0.1, -0.05) is 158 Å². The molecule has 8 aromatic carbocycles. The second-order valence-electron chi connectivity index (χ2n) is 12.9. The predicted molar refractivity (Wildman–Crippen MR) is 204 cm³/mol. The molecule has 0 radical (unpaired) electrons. The third-order valence-corrected chi connectivity index (χ3v) is 10.3. The Morgan fingerprint density at radius 1 is 0.408 bits per heavy atom. The van der Waals surface area contributed by atoms with Crippen LogP contribution >= 0.6 is 0 Å². The van der Waals surface area contributed by atoms with E-state index >= 15 is 0 Å². The first-order valence-corrected chi connectivity index (χ1v) is 16.9. The number of nitrogens with one attached hydrogen (secondary N) is 1. The van der Waals surface area contributed by atoms with Crippen molar-refractivity contribution < 1.29 is 4.42 Å². The Bertz CT molecular complexity index is 2630. The average Bonchev–Trinajstić information content (AvgIpc) is 3.71. The van der Waals surface area contributed by atoms with E-state index in [2.05, 4.69) is 187 Å². The monoisotopic (exact) mass is 625 g/mol. The van der Waals surface area contributed by atoms with Gasteiger partial charge in [0.05, 0.1) is 11.1 Å². The molecule has 2 nitrogen and oxygen atoms in total. The molecule has 0 bridgehead atoms. The van der Waals surface area contributed by atoms with Crippen LogP contribution in [0.5, 0.6) is 0 Å². The molecule has 230 valence electrons. The lowest BCUT2D eigenvalue weighted by Crippen LogP contribution is -2.29. The Balaban J connectivity index is 1.11. The van der Waals surface area contributed by atoms with Gasteiger partial charge in [-0.05, 0) is 74.2 Å². The Hall–Kier alpha value is -6.38. The zero-order valence-corrected chi connectivity index (χ0v) is 26.7. The molecule has 0 saturated heterocycles. The first-order chi connectivity index (χ1) is 24.3. The van der Waals surface area contributed by atoms with E-state index in [1.165, 1.54) is 49.9 Å². The zero-order valence-electron chi connectivity index (χ0n) is 26.7. The summed E-state index contributed by atoms with van der Waals surface area (Å²) in [5.74, 6) is 0. The summed E-state index contributed by atoms with van der Waals surface area (Å²) in [6.45, 7) is 0. The number of rotatable bonds is 5. The van der Waals surface area contributed by atoms with Crippen LogP contribution in [0, 0.1) is 0 Å². The van der Waals surface area contributed by atoms with E-state index in [0.29, 0.717) is 0 Å². The molecule has 0 unspecified atom stereocenters. The molecule has 1 aromatic heterocycles. The largest absolute Gasteiger partial charge is 0.453 e. The molecular weight excluding hydrogens is 595 g/mol. The summed E-state index contributed by atoms with van der Waals surface area (Å²) < 4.78 is 6.59. The summed E-state index contributed by atoms with van der Waals surface area (Å²) in [6.07, 6.45) is 0. The number of fused-ring (bicyclic) bond motifs is 8. The van der Waals surface area contributed by atoms with E-state index in [9.17, 15) is 0 Å². The number of benzene rings is 8. The second-order valence-corrected chi connectivity index (χ2v) is 12.9. The fraction of sp³-hybridized carbons (Fsp3) is 0.0213. The first-order valence-electron chi connectivity index (χ1n) is 16.9. The highest BCUT2D eigenvalue weighted by molar-refractivity contribution is 6.17. The van der Waals surface area contributed by atoms with E-state index in [-0.39, 0.29) is 0 Å². The SMILES string of the molecule is c1ccc(C2(c3ccccc3)c3ccccc3-c3cccc(-c4ccc(Nc5cccc6c5oc5c7ccccc7ccc65)cc4)c32)cc1. The van der Waals surface area contributed by atoms with Gasteiger partial charge >= 0.3 is 0 Å². The fourth-order valence-corrected chi connectivity index (χ4v) is 8.26. The molecule has 0 fully saturated rings. The lowest BCUT2D eigenvalue weighted by Gasteiger charge is -2.35. The van der Waals surface area contributed by atoms with E-state index < -0.39 is 5.41 Å². The van der Waals surface area contributed by atoms with Crippen molar-refractivity contribution in [2.75, 3.05) is 5.32 Å². The summed E-state index contributed by atoms with van der Waals surface area (Å²) in [7, 11) is 0. The maximum Gasteiger partial charge on any atom is 0.158 e. The van der Waals surface area contributed by atoms with Gasteiger partial charge in [0.2, 0.25) is 0 Å². The Kier molecular flexibility index (Phi) is 6.13. The molecule has 0 atom stereocenters. The van der Waals surface area contributed by atoms with Crippen molar-refractivity contribution in [3.63, 3.8) is 0 Å². The number of para-hydroxylation sites is 1. The fourth-order valence-electron chi connectivity index (χ4n) is 8.26. The van der Waals surface area contributed by atoms with Crippen LogP contribution in [0.1, 0.15) is 22.3 Å². The number of hydrogen-bond donors (Lipinski definition) is 1. The lowest BCUT2D eigenvalue weighted by molar-refractivity contribution is 0.674. The Labute approximate surface area is 284 Å². The lowest BCUT2D eigenvalue weighted by atomic mass is 9.66. The van der Waals surface area contributed by atoms with E-state index in [0.717, 1.165) is 38.7 Å². The highest BCUT2D eigenvalue weighted by Crippen LogP contribution is 2.58. The molecule has 1 aliphatic rings. The van der Waals surface area contributed by atoms with Crippen molar-refractivity contribution >= 4 is 44.1 Å². The molecule has 9 aromatic rings. The van der Waals surface area contributed by atoms with E-state index in [1.807, 2.05) is 0 Å². The van der Waals surface area contributed by atoms with Crippen LogP contribution < -0.4 is 5.32 Å². The summed E-state index contributed by atoms with van der Waals surface area (Å²) in [5, 5.41) is 8.23. The topological polar surface area (TPSA) is 25.2 Å².